The van der Waals surface area contributed by atoms with Gasteiger partial charge in [0.2, 0.25) is 5.91 Å². The molecule has 4 nitrogen and oxygen atoms in total. The lowest BCUT2D eigenvalue weighted by atomic mass is 9.88. The number of hydrogen-bond donors (Lipinski definition) is 1. The molecule has 5 heteroatoms. The van der Waals surface area contributed by atoms with Gasteiger partial charge in [0.1, 0.15) is 0 Å². The minimum Gasteiger partial charge on any atom is -0.368 e. The number of nitrogens with one attached hydrogen (secondary N) is 1. The van der Waals surface area contributed by atoms with Crippen molar-refractivity contribution in [3.8, 4) is 0 Å². The summed E-state index contributed by atoms with van der Waals surface area (Å²) in [6.45, 7) is 7.16. The normalized spacial score (nSPS) is 26.2. The van der Waals surface area contributed by atoms with Crippen LogP contribution in [0.1, 0.15) is 13.3 Å². The Balaban J connectivity index is 1.61. The van der Waals surface area contributed by atoms with Crippen molar-refractivity contribution in [1.82, 2.24) is 10.2 Å². The van der Waals surface area contributed by atoms with Crippen LogP contribution in [0.4, 0.5) is 5.69 Å². The molecule has 1 aromatic carbocycles. The average molecular weight is 308 g/mol. The van der Waals surface area contributed by atoms with E-state index in [1.807, 2.05) is 23.1 Å². The zero-order valence-electron chi connectivity index (χ0n) is 12.4. The van der Waals surface area contributed by atoms with Crippen LogP contribution in [0.2, 0.25) is 5.02 Å². The minimum absolute atomic E-state index is 0.210. The number of halogens is 1. The molecule has 2 fully saturated rings. The molecule has 0 saturated carbocycles. The summed E-state index contributed by atoms with van der Waals surface area (Å²) in [5.74, 6) is 0.304. The standard InChI is InChI=1S/C16H22ClN3O/c1-16(5-6-18-12-16)15(21)20-9-7-19(8-10-20)14-4-2-3-13(17)11-14/h2-4,11,18H,5-10,12H2,1H3/t16-/m1/s1. The van der Waals surface area contributed by atoms with Gasteiger partial charge in [0.25, 0.3) is 0 Å². The third-order valence-corrected chi connectivity index (χ3v) is 4.86. The van der Waals surface area contributed by atoms with Gasteiger partial charge >= 0.3 is 0 Å². The number of carbonyl (C=O) groups is 1. The zero-order chi connectivity index (χ0) is 14.9. The Bertz CT molecular complexity index is 520. The summed E-state index contributed by atoms with van der Waals surface area (Å²) in [7, 11) is 0. The molecule has 1 amide bonds. The number of amides is 1. The van der Waals surface area contributed by atoms with Crippen molar-refractivity contribution in [2.45, 2.75) is 13.3 Å². The van der Waals surface area contributed by atoms with Crippen molar-refractivity contribution < 1.29 is 4.79 Å². The Hall–Kier alpha value is -1.26. The van der Waals surface area contributed by atoms with Crippen molar-refractivity contribution in [2.24, 2.45) is 5.41 Å². The predicted molar refractivity (Wildman–Crippen MR) is 85.8 cm³/mol. The Morgan fingerprint density at radius 3 is 2.67 bits per heavy atom. The Kier molecular flexibility index (Phi) is 4.09. The highest BCUT2D eigenvalue weighted by atomic mass is 35.5. The number of hydrogen-bond acceptors (Lipinski definition) is 3. The maximum Gasteiger partial charge on any atom is 0.229 e. The van der Waals surface area contributed by atoms with Crippen LogP contribution < -0.4 is 10.2 Å². The molecule has 1 N–H and O–H groups in total. The van der Waals surface area contributed by atoms with Crippen LogP contribution in [-0.4, -0.2) is 50.1 Å². The maximum absolute atomic E-state index is 12.7. The predicted octanol–water partition coefficient (Wildman–Crippen LogP) is 1.99. The van der Waals surface area contributed by atoms with Crippen molar-refractivity contribution in [3.05, 3.63) is 29.3 Å². The van der Waals surface area contributed by atoms with Crippen molar-refractivity contribution in [2.75, 3.05) is 44.2 Å². The molecule has 0 aliphatic carbocycles. The summed E-state index contributed by atoms with van der Waals surface area (Å²) in [4.78, 5) is 17.0. The fourth-order valence-electron chi connectivity index (χ4n) is 3.22. The van der Waals surface area contributed by atoms with Crippen LogP contribution in [-0.2, 0) is 4.79 Å². The van der Waals surface area contributed by atoms with E-state index in [4.69, 9.17) is 11.6 Å². The maximum atomic E-state index is 12.7. The second-order valence-corrected chi connectivity index (χ2v) is 6.68. The summed E-state index contributed by atoms with van der Waals surface area (Å²) < 4.78 is 0. The van der Waals surface area contributed by atoms with E-state index in [-0.39, 0.29) is 5.41 Å². The van der Waals surface area contributed by atoms with E-state index in [1.54, 1.807) is 0 Å². The summed E-state index contributed by atoms with van der Waals surface area (Å²) in [5, 5.41) is 4.06. The van der Waals surface area contributed by atoms with Gasteiger partial charge in [-0.05, 0) is 38.1 Å². The lowest BCUT2D eigenvalue weighted by Gasteiger charge is -2.39. The van der Waals surface area contributed by atoms with E-state index < -0.39 is 0 Å². The van der Waals surface area contributed by atoms with Gasteiger partial charge in [0, 0.05) is 43.4 Å². The molecule has 0 bridgehead atoms. The molecular formula is C16H22ClN3O. The summed E-state index contributed by atoms with van der Waals surface area (Å²) in [6, 6.07) is 7.92. The van der Waals surface area contributed by atoms with Gasteiger partial charge in [0.15, 0.2) is 0 Å². The smallest absolute Gasteiger partial charge is 0.229 e. The molecule has 0 radical (unpaired) electrons. The first-order valence-electron chi connectivity index (χ1n) is 7.59. The lowest BCUT2D eigenvalue weighted by molar-refractivity contribution is -0.140. The summed E-state index contributed by atoms with van der Waals surface area (Å²) in [6.07, 6.45) is 0.945. The molecule has 2 aliphatic rings. The quantitative estimate of drug-likeness (QED) is 0.907. The number of nitrogens with zero attached hydrogens (tertiary/aromatic N) is 2. The highest BCUT2D eigenvalue weighted by Gasteiger charge is 2.39. The molecule has 114 valence electrons. The fraction of sp³-hybridized carbons (Fsp3) is 0.562. The molecule has 0 unspecified atom stereocenters. The second kappa shape index (κ2) is 5.85. The molecule has 2 saturated heterocycles. The summed E-state index contributed by atoms with van der Waals surface area (Å²) >= 11 is 6.05. The van der Waals surface area contributed by atoms with Crippen molar-refractivity contribution in [1.29, 1.82) is 0 Å². The molecule has 2 aliphatic heterocycles. The van der Waals surface area contributed by atoms with E-state index in [9.17, 15) is 4.79 Å². The van der Waals surface area contributed by atoms with Crippen LogP contribution in [0, 0.1) is 5.41 Å². The first kappa shape index (κ1) is 14.7. The minimum atomic E-state index is -0.210. The topological polar surface area (TPSA) is 35.6 Å². The fourth-order valence-corrected chi connectivity index (χ4v) is 3.41. The van der Waals surface area contributed by atoms with Crippen molar-refractivity contribution in [3.63, 3.8) is 0 Å². The van der Waals surface area contributed by atoms with Gasteiger partial charge < -0.3 is 15.1 Å². The molecule has 1 atom stereocenters. The largest absolute Gasteiger partial charge is 0.368 e. The third-order valence-electron chi connectivity index (χ3n) is 4.63. The van der Waals surface area contributed by atoms with Gasteiger partial charge in [0.05, 0.1) is 5.41 Å². The molecule has 21 heavy (non-hydrogen) atoms. The number of anilines is 1. The van der Waals surface area contributed by atoms with Crippen LogP contribution in [0.15, 0.2) is 24.3 Å². The Morgan fingerprint density at radius 2 is 2.05 bits per heavy atom. The van der Waals surface area contributed by atoms with E-state index >= 15 is 0 Å². The van der Waals surface area contributed by atoms with E-state index in [0.29, 0.717) is 5.91 Å². The highest BCUT2D eigenvalue weighted by molar-refractivity contribution is 6.30. The number of piperazine rings is 1. The van der Waals surface area contributed by atoms with Gasteiger partial charge in [-0.2, -0.15) is 0 Å². The first-order chi connectivity index (χ1) is 10.1. The van der Waals surface area contributed by atoms with Gasteiger partial charge in [-0.15, -0.1) is 0 Å². The molecular weight excluding hydrogens is 286 g/mol. The number of benzene rings is 1. The molecule has 2 heterocycles. The molecule has 1 aromatic rings. The zero-order valence-corrected chi connectivity index (χ0v) is 13.2. The molecule has 3 rings (SSSR count). The number of carbonyl (C=O) groups excluding carboxylic acids is 1. The first-order valence-corrected chi connectivity index (χ1v) is 7.97. The molecule has 0 aromatic heterocycles. The number of rotatable bonds is 2. The van der Waals surface area contributed by atoms with Gasteiger partial charge in [-0.3, -0.25) is 4.79 Å². The Morgan fingerprint density at radius 1 is 1.29 bits per heavy atom. The SMILES string of the molecule is C[C@@]1(C(=O)N2CCN(c3cccc(Cl)c3)CC2)CCNC1. The third kappa shape index (κ3) is 3.01. The monoisotopic (exact) mass is 307 g/mol. The van der Waals surface area contributed by atoms with Crippen molar-refractivity contribution >= 4 is 23.2 Å². The summed E-state index contributed by atoms with van der Waals surface area (Å²) in [5.41, 5.74) is 0.932. The van der Waals surface area contributed by atoms with E-state index in [1.165, 1.54) is 0 Å². The van der Waals surface area contributed by atoms with Gasteiger partial charge in [-0.25, -0.2) is 0 Å². The van der Waals surface area contributed by atoms with Crippen LogP contribution >= 0.6 is 11.6 Å². The van der Waals surface area contributed by atoms with Crippen LogP contribution in [0.25, 0.3) is 0 Å². The van der Waals surface area contributed by atoms with Crippen LogP contribution in [0.5, 0.6) is 0 Å². The average Bonchev–Trinajstić information content (AvgIpc) is 2.95. The van der Waals surface area contributed by atoms with E-state index in [2.05, 4.69) is 23.2 Å². The van der Waals surface area contributed by atoms with E-state index in [0.717, 1.165) is 56.4 Å². The van der Waals surface area contributed by atoms with Gasteiger partial charge in [-0.1, -0.05) is 17.7 Å². The molecule has 0 spiro atoms. The van der Waals surface area contributed by atoms with Crippen LogP contribution in [0.3, 0.4) is 0 Å². The highest BCUT2D eigenvalue weighted by Crippen LogP contribution is 2.28. The lowest BCUT2D eigenvalue weighted by Crippen LogP contribution is -2.53. The Labute approximate surface area is 131 Å². The second-order valence-electron chi connectivity index (χ2n) is 6.25.